The molecule has 0 unspecified atom stereocenters. The van der Waals surface area contributed by atoms with Gasteiger partial charge in [0.2, 0.25) is 5.55 Å². The van der Waals surface area contributed by atoms with Crippen molar-refractivity contribution in [1.29, 1.82) is 0 Å². The third kappa shape index (κ3) is 16.2. The molecule has 35 nitrogen and oxygen atoms in total. The highest BCUT2D eigenvalue weighted by atomic mass is 35.5. The van der Waals surface area contributed by atoms with E-state index in [2.05, 4.69) is 129 Å². The van der Waals surface area contributed by atoms with Crippen LogP contribution in [0.15, 0.2) is 152 Å². The molecule has 0 aliphatic carbocycles. The molecular weight excluding hydrogens is 1710 g/mol. The predicted molar refractivity (Wildman–Crippen MR) is 497 cm³/mol. The summed E-state index contributed by atoms with van der Waals surface area (Å²) in [6.07, 6.45) is 11.0. The van der Waals surface area contributed by atoms with Crippen LogP contribution in [-0.4, -0.2) is 177 Å². The van der Waals surface area contributed by atoms with E-state index in [-0.39, 0.29) is 0 Å². The van der Waals surface area contributed by atoms with Crippen LogP contribution in [0, 0.1) is 111 Å². The molecule has 0 N–H and O–H groups in total. The lowest BCUT2D eigenvalue weighted by molar-refractivity contribution is 0.491. The van der Waals surface area contributed by atoms with Crippen LogP contribution in [0.3, 0.4) is 0 Å². The van der Waals surface area contributed by atoms with Gasteiger partial charge in [0, 0.05) is 119 Å². The Morgan fingerprint density at radius 3 is 1.09 bits per heavy atom. The maximum Gasteiger partial charge on any atom is 0.256 e. The van der Waals surface area contributed by atoms with E-state index < -0.39 is 0 Å². The molecule has 6 aliphatic rings. The van der Waals surface area contributed by atoms with Gasteiger partial charge in [0.05, 0.1) is 88.4 Å². The molecule has 6 aliphatic heterocycles. The normalized spacial score (nSPS) is 14.5. The Morgan fingerprint density at radius 2 is 0.698 bits per heavy atom. The van der Waals surface area contributed by atoms with Crippen molar-refractivity contribution < 1.29 is 4.42 Å². The molecular formula is C90H88Cl2N34OS2. The quantitative estimate of drug-likeness (QED) is 0.110. The number of halogens is 2. The minimum atomic E-state index is 0.398. The first-order valence-corrected chi connectivity index (χ1v) is 44.0. The lowest BCUT2D eigenvalue weighted by atomic mass is 10.2. The van der Waals surface area contributed by atoms with Gasteiger partial charge in [-0.15, -0.1) is 0 Å². The molecule has 0 atom stereocenters. The van der Waals surface area contributed by atoms with Gasteiger partial charge in [0.1, 0.15) is 5.82 Å². The number of allylic oxidation sites excluding steroid dienone is 1. The van der Waals surface area contributed by atoms with Crippen molar-refractivity contribution >= 4 is 105 Å². The summed E-state index contributed by atoms with van der Waals surface area (Å²) in [6.45, 7) is 33.2. The lowest BCUT2D eigenvalue weighted by Gasteiger charge is -2.18. The second-order valence-electron chi connectivity index (χ2n) is 32.2. The van der Waals surface area contributed by atoms with E-state index >= 15 is 0 Å². The third-order valence-corrected chi connectivity index (χ3v) is 25.1. The number of nitrogens with zero attached hydrogens (tertiary/aromatic N) is 34. The zero-order valence-corrected chi connectivity index (χ0v) is 77.4. The first-order valence-electron chi connectivity index (χ1n) is 41.6. The third-order valence-electron chi connectivity index (χ3n) is 22.0. The van der Waals surface area contributed by atoms with Gasteiger partial charge < -0.3 is 28.9 Å². The van der Waals surface area contributed by atoms with Crippen LogP contribution in [0.25, 0.3) is 77.0 Å². The fourth-order valence-corrected chi connectivity index (χ4v) is 19.0. The van der Waals surface area contributed by atoms with E-state index in [0.29, 0.717) is 91.9 Å². The Morgan fingerprint density at radius 1 is 0.349 bits per heavy atom. The van der Waals surface area contributed by atoms with Gasteiger partial charge in [0.25, 0.3) is 47.6 Å². The van der Waals surface area contributed by atoms with Crippen molar-refractivity contribution in [3.8, 4) is 47.6 Å². The van der Waals surface area contributed by atoms with Crippen molar-refractivity contribution in [2.45, 2.75) is 133 Å². The Labute approximate surface area is 759 Å². The SMILES string of the molecule is Cc1cc(C)n(-c2nc(/C=C3\Sc4ccccc4N3C)nc(-n3nc(C)cc3C)n2)n1.Cc1cc(C)n(-c2nc(/C=c3/nc4c(o3)=CC=CN4C)nc(-n3nc(C)cc3C)n2)n1.Cc1cc(C)n(-c2nc(C3=C4N(C)c5cc(Cl)c(Cl)cc5N4CC3)nc(-n3nc(C)cc3C)n2)n1.Cc1cc(C)n(-c2nc(C3=C4Sc5ccccc5N4CC3)nc(-n3nc(C)cc3C)n2)n1. The van der Waals surface area contributed by atoms with E-state index in [9.17, 15) is 0 Å². The highest BCUT2D eigenvalue weighted by Crippen LogP contribution is 2.53. The molecule has 0 saturated heterocycles. The van der Waals surface area contributed by atoms with Crippen molar-refractivity contribution in [2.24, 2.45) is 0 Å². The van der Waals surface area contributed by atoms with Gasteiger partial charge in [-0.25, -0.2) is 37.5 Å². The Bertz CT molecular complexity index is 7250. The van der Waals surface area contributed by atoms with E-state index in [4.69, 9.17) is 67.5 Å². The zero-order chi connectivity index (χ0) is 90.0. The van der Waals surface area contributed by atoms with Crippen LogP contribution in [0.1, 0.15) is 127 Å². The van der Waals surface area contributed by atoms with Crippen molar-refractivity contribution in [2.75, 3.05) is 58.7 Å². The summed E-state index contributed by atoms with van der Waals surface area (Å²) in [5.41, 5.74) is 22.5. The lowest BCUT2D eigenvalue weighted by Crippen LogP contribution is -2.22. The Hall–Kier alpha value is -14.4. The number of para-hydroxylation sites is 2. The number of oxazole rings is 1. The number of hydrogen-bond donors (Lipinski definition) is 0. The molecule has 3 aromatic carbocycles. The fourth-order valence-electron chi connectivity index (χ4n) is 16.4. The molecule has 19 heterocycles. The smallest absolute Gasteiger partial charge is 0.256 e. The summed E-state index contributed by atoms with van der Waals surface area (Å²) < 4.78 is 19.8. The van der Waals surface area contributed by atoms with Crippen molar-refractivity contribution in [3.05, 3.63) is 273 Å². The average molecular weight is 1800 g/mol. The number of hydrogen-bond acceptors (Lipinski definition) is 29. The largest absolute Gasteiger partial charge is 0.435 e. The number of benzene rings is 3. The van der Waals surface area contributed by atoms with E-state index in [0.717, 1.165) is 156 Å². The molecule has 0 fully saturated rings. The minimum absolute atomic E-state index is 0.398. The van der Waals surface area contributed by atoms with E-state index in [1.54, 1.807) is 67.1 Å². The van der Waals surface area contributed by atoms with Crippen molar-refractivity contribution in [3.63, 3.8) is 0 Å². The maximum atomic E-state index is 6.35. The average Bonchev–Trinajstić information content (AvgIpc) is 1.58. The standard InChI is InChI=1S/C24H23Cl2N9.C23H22N8S.C22H22N8S.C21H21N9O/c1-12-8-14(3)34(30-12)23-27-21(28-24(29-23)35-15(4)9-13(2)31-35)16-6-7-33-20-11-18(26)17(25)10-19(20)32(5)22(16)33;1-13-11-15(3)30(27-13)22-24-20(25-23(26-22)31-16(4)12-14(2)28-31)17-9-10-29-18-7-5-6-8-19(18)32-21(17)29;1-13-10-15(3)29(26-13)21-23-19(24-22(25-21)30-16(4)11-14(2)27-30)12-20-28(5)17-8-6-7-9-18(17)31-20;1-12-9-14(3)29(26-12)20-22-17(23-21(25-20)30-15(4)10-13(2)27-30)11-18-24-19-16(31-18)7-6-8-28(19)5/h8-11H,6-7H2,1-5H3;5-8,11-12H,9-10H2,1-4H3;6-12H,1-5H3;6-11H,1-5H3/b;;20-12-;18-11-. The highest BCUT2D eigenvalue weighted by molar-refractivity contribution is 8.04. The fraction of sp³-hybridized carbons (Fsp3) is 0.256. The van der Waals surface area contributed by atoms with Crippen LogP contribution >= 0.6 is 46.7 Å². The number of aryl methyl sites for hydroxylation is 16. The summed E-state index contributed by atoms with van der Waals surface area (Å²) in [5.74, 6) is 7.66. The summed E-state index contributed by atoms with van der Waals surface area (Å²) in [6, 6.07) is 36.6. The summed E-state index contributed by atoms with van der Waals surface area (Å²) in [7, 11) is 5.99. The van der Waals surface area contributed by atoms with Gasteiger partial charge in [-0.1, -0.05) is 71.0 Å². The van der Waals surface area contributed by atoms with E-state index in [1.807, 2.05) is 227 Å². The number of thioether (sulfide) groups is 2. The molecule has 16 aromatic rings. The molecule has 650 valence electrons. The summed E-state index contributed by atoms with van der Waals surface area (Å²) in [4.78, 5) is 74.8. The van der Waals surface area contributed by atoms with Crippen LogP contribution in [0.2, 0.25) is 10.0 Å². The van der Waals surface area contributed by atoms with Gasteiger partial charge in [-0.2, -0.15) is 106 Å². The van der Waals surface area contributed by atoms with Crippen LogP contribution < -0.4 is 35.5 Å². The highest BCUT2D eigenvalue weighted by Gasteiger charge is 2.39. The van der Waals surface area contributed by atoms with Crippen molar-refractivity contribution in [1.82, 2.24) is 143 Å². The Balaban J connectivity index is 0.000000112. The van der Waals surface area contributed by atoms with Gasteiger partial charge >= 0.3 is 0 Å². The van der Waals surface area contributed by atoms with Crippen LogP contribution in [-0.2, 0) is 0 Å². The van der Waals surface area contributed by atoms with Gasteiger partial charge in [0.15, 0.2) is 34.5 Å². The number of rotatable bonds is 12. The molecule has 0 radical (unpaired) electrons. The molecule has 22 rings (SSSR count). The topological polar surface area (TPSA) is 339 Å². The number of aromatic nitrogens is 29. The molecule has 13 aromatic heterocycles. The molecule has 0 bridgehead atoms. The number of anilines is 5. The maximum absolute atomic E-state index is 6.35. The Kier molecular flexibility index (Phi) is 21.8. The van der Waals surface area contributed by atoms with Gasteiger partial charge in [-0.3, -0.25) is 0 Å². The molecule has 39 heteroatoms. The summed E-state index contributed by atoms with van der Waals surface area (Å²) >= 11 is 16.2. The number of fused-ring (bicyclic) bond motifs is 8. The van der Waals surface area contributed by atoms with Gasteiger partial charge in [-0.05, 0) is 221 Å². The van der Waals surface area contributed by atoms with Crippen LogP contribution in [0.4, 0.5) is 28.6 Å². The molecule has 0 spiro atoms. The second kappa shape index (κ2) is 33.4. The first kappa shape index (κ1) is 84.1. The minimum Gasteiger partial charge on any atom is -0.435 e. The summed E-state index contributed by atoms with van der Waals surface area (Å²) in [5, 5.41) is 39.9. The molecule has 0 amide bonds. The predicted octanol–water partition coefficient (Wildman–Crippen LogP) is 14.0. The second-order valence-corrected chi connectivity index (χ2v) is 35.1. The van der Waals surface area contributed by atoms with E-state index in [1.165, 1.54) is 26.2 Å². The molecule has 129 heavy (non-hydrogen) atoms. The van der Waals surface area contributed by atoms with Crippen LogP contribution in [0.5, 0.6) is 0 Å². The zero-order valence-electron chi connectivity index (χ0n) is 74.3. The molecule has 0 saturated carbocycles. The first-order chi connectivity index (χ1) is 61.9. The monoisotopic (exact) mass is 1790 g/mol.